The van der Waals surface area contributed by atoms with Crippen molar-refractivity contribution in [3.8, 4) is 0 Å². The fraction of sp³-hybridized carbons (Fsp3) is 0.912. The van der Waals surface area contributed by atoms with Gasteiger partial charge in [-0.05, 0) is 44.9 Å². The molecule has 23 heteroatoms. The number of allylic oxidation sites excluding steroid dienone is 3. The number of aliphatic carboxylic acids is 1. The zero-order chi connectivity index (χ0) is 75.3. The number of ether oxygens (including phenoxy) is 6. The summed E-state index contributed by atoms with van der Waals surface area (Å²) in [5.74, 6) is -6.14. The van der Waals surface area contributed by atoms with Gasteiger partial charge in [-0.15, -0.1) is 0 Å². The van der Waals surface area contributed by atoms with Crippen LogP contribution >= 0.6 is 0 Å². The van der Waals surface area contributed by atoms with E-state index in [2.05, 4.69) is 36.6 Å². The van der Waals surface area contributed by atoms with Crippen molar-refractivity contribution in [2.75, 3.05) is 26.4 Å². The summed E-state index contributed by atoms with van der Waals surface area (Å²) in [7, 11) is 0. The van der Waals surface area contributed by atoms with Crippen LogP contribution in [0.1, 0.15) is 329 Å². The molecule has 0 saturated carbocycles. The van der Waals surface area contributed by atoms with Gasteiger partial charge in [0.05, 0.1) is 50.7 Å². The first-order chi connectivity index (χ1) is 49.9. The largest absolute Gasteiger partial charge is 0.477 e. The second-order valence-corrected chi connectivity index (χ2v) is 30.0. The van der Waals surface area contributed by atoms with Crippen molar-refractivity contribution in [3.63, 3.8) is 0 Å². The average Bonchev–Trinajstić information content (AvgIpc) is 0.754. The van der Waals surface area contributed by atoms with Gasteiger partial charge in [0.1, 0.15) is 67.1 Å². The highest BCUT2D eigenvalue weighted by Crippen LogP contribution is 2.39. The van der Waals surface area contributed by atoms with Gasteiger partial charge in [-0.25, -0.2) is 4.79 Å². The molecule has 0 aromatic rings. The molecule has 103 heavy (non-hydrogen) atoms. The minimum atomic E-state index is -3.08. The standard InChI is InChI=1S/C80H148N2O21/c1-4-6-8-10-12-14-16-18-20-22-23-24-25-26-27-28-29-30-31-32-33-34-35-36-37-38-40-42-44-46-48-50-52-54-67(90)82-61(62(87)53-51-49-47-45-43-41-39-21-19-17-15-13-11-9-7-5-2)59-98-77-72(94)71(93)74(66(58-85)100-77)101-78-73(95)76(70(92)65(57-84)99-78)103-80(79(96)97)55-63(88)68(81-60(3)86)75(102-80)69(91)64(89)56-83/h26-27,51,53,61-66,68-78,83-85,87-89,91-95H,4-25,28-50,52,54-59H2,1-3H3,(H,81,86)(H,82,90)(H,96,97)/b27-26-,53-51+. The Morgan fingerprint density at radius 3 is 1.32 bits per heavy atom. The Hall–Kier alpha value is -2.79. The van der Waals surface area contributed by atoms with Crippen LogP contribution in [0.2, 0.25) is 0 Å². The number of hydrogen-bond acceptors (Lipinski definition) is 20. The summed E-state index contributed by atoms with van der Waals surface area (Å²) in [6, 6.07) is -2.62. The van der Waals surface area contributed by atoms with Crippen molar-refractivity contribution in [2.45, 2.75) is 439 Å². The van der Waals surface area contributed by atoms with Gasteiger partial charge >= 0.3 is 5.97 Å². The Kier molecular flexibility index (Phi) is 54.2. The predicted octanol–water partition coefficient (Wildman–Crippen LogP) is 11.1. The minimum Gasteiger partial charge on any atom is -0.477 e. The first-order valence-corrected chi connectivity index (χ1v) is 41.2. The van der Waals surface area contributed by atoms with Crippen molar-refractivity contribution in [3.05, 3.63) is 24.3 Å². The number of carbonyl (C=O) groups is 3. The van der Waals surface area contributed by atoms with Crippen LogP contribution in [0.15, 0.2) is 24.3 Å². The molecule has 3 fully saturated rings. The van der Waals surface area contributed by atoms with E-state index in [-0.39, 0.29) is 12.3 Å². The quantitative estimate of drug-likeness (QED) is 0.0199. The number of amides is 2. The van der Waals surface area contributed by atoms with Gasteiger partial charge in [-0.3, -0.25) is 9.59 Å². The lowest BCUT2D eigenvalue weighted by molar-refractivity contribution is -0.386. The molecule has 0 radical (unpaired) electrons. The second-order valence-electron chi connectivity index (χ2n) is 30.0. The number of aliphatic hydroxyl groups is 11. The second kappa shape index (κ2) is 59.1. The normalized spacial score (nSPS) is 26.6. The predicted molar refractivity (Wildman–Crippen MR) is 398 cm³/mol. The first kappa shape index (κ1) is 94.4. The van der Waals surface area contributed by atoms with E-state index in [0.717, 1.165) is 51.9 Å². The van der Waals surface area contributed by atoms with Gasteiger partial charge in [-0.1, -0.05) is 289 Å². The van der Waals surface area contributed by atoms with Crippen molar-refractivity contribution in [1.29, 1.82) is 0 Å². The third kappa shape index (κ3) is 39.4. The molecule has 3 saturated heterocycles. The van der Waals surface area contributed by atoms with Gasteiger partial charge in [0.25, 0.3) is 5.79 Å². The van der Waals surface area contributed by atoms with Crippen LogP contribution in [0.5, 0.6) is 0 Å². The highest BCUT2D eigenvalue weighted by atomic mass is 16.8. The molecule has 0 bridgehead atoms. The van der Waals surface area contributed by atoms with Crippen LogP contribution < -0.4 is 10.6 Å². The molecule has 3 aliphatic heterocycles. The maximum Gasteiger partial charge on any atom is 0.364 e. The summed E-state index contributed by atoms with van der Waals surface area (Å²) < 4.78 is 34.9. The number of carboxylic acids is 1. The van der Waals surface area contributed by atoms with Gasteiger partial charge in [-0.2, -0.15) is 0 Å². The van der Waals surface area contributed by atoms with E-state index in [0.29, 0.717) is 12.8 Å². The van der Waals surface area contributed by atoms with E-state index in [9.17, 15) is 75.7 Å². The van der Waals surface area contributed by atoms with Gasteiger partial charge in [0, 0.05) is 19.8 Å². The van der Waals surface area contributed by atoms with E-state index in [1.807, 2.05) is 6.08 Å². The third-order valence-electron chi connectivity index (χ3n) is 20.9. The number of carboxylic acid groups (broad SMARTS) is 1. The lowest BCUT2D eigenvalue weighted by Gasteiger charge is -2.50. The van der Waals surface area contributed by atoms with Crippen molar-refractivity contribution in [2.24, 2.45) is 0 Å². The molecule has 3 rings (SSSR count). The maximum absolute atomic E-state index is 13.5. The van der Waals surface area contributed by atoms with Gasteiger partial charge < -0.3 is 100 Å². The summed E-state index contributed by atoms with van der Waals surface area (Å²) in [5.41, 5.74) is 0. The van der Waals surface area contributed by atoms with Crippen LogP contribution in [-0.2, 0) is 42.8 Å². The molecule has 0 spiro atoms. The smallest absolute Gasteiger partial charge is 0.364 e. The molecule has 604 valence electrons. The number of nitrogens with one attached hydrogen (secondary N) is 2. The molecular formula is C80H148N2O21. The van der Waals surface area contributed by atoms with Crippen LogP contribution in [0.3, 0.4) is 0 Å². The molecular weight excluding hydrogens is 1320 g/mol. The Morgan fingerprint density at radius 2 is 0.913 bits per heavy atom. The molecule has 2 amide bonds. The monoisotopic (exact) mass is 1470 g/mol. The zero-order valence-corrected chi connectivity index (χ0v) is 63.9. The van der Waals surface area contributed by atoms with Crippen LogP contribution in [-0.4, -0.2) is 215 Å². The summed E-state index contributed by atoms with van der Waals surface area (Å²) in [4.78, 5) is 38.7. The molecule has 18 unspecified atom stereocenters. The fourth-order valence-corrected chi connectivity index (χ4v) is 14.4. The highest BCUT2D eigenvalue weighted by Gasteiger charge is 2.60. The van der Waals surface area contributed by atoms with Crippen molar-refractivity contribution in [1.82, 2.24) is 10.6 Å². The molecule has 14 N–H and O–H groups in total. The van der Waals surface area contributed by atoms with E-state index in [1.54, 1.807) is 6.08 Å². The Bertz CT molecular complexity index is 2150. The van der Waals surface area contributed by atoms with Crippen LogP contribution in [0, 0.1) is 0 Å². The number of carbonyl (C=O) groups excluding carboxylic acids is 2. The number of hydrogen-bond donors (Lipinski definition) is 14. The third-order valence-corrected chi connectivity index (χ3v) is 20.9. The number of aliphatic hydroxyl groups excluding tert-OH is 11. The molecule has 0 aromatic heterocycles. The molecule has 3 aliphatic rings. The highest BCUT2D eigenvalue weighted by molar-refractivity contribution is 5.77. The summed E-state index contributed by atoms with van der Waals surface area (Å²) in [5, 5.41) is 136. The SMILES string of the molecule is CCCCCCCCCCCCCC/C=C\CCCCCCCCCCCCCCCCCCCC(=O)NC(COC1OC(CO)C(OC2OC(CO)C(O)C(OC3(C(=O)O)CC(O)C(NC(C)=O)C(C(O)C(O)CO)O3)C2O)C(O)C1O)C(O)/C=C/CCCCCCCCCCCCCCCC. The van der Waals surface area contributed by atoms with E-state index < -0.39 is 155 Å². The molecule has 3 heterocycles. The first-order valence-electron chi connectivity index (χ1n) is 41.2. The molecule has 23 nitrogen and oxygen atoms in total. The molecule has 0 aromatic carbocycles. The fourth-order valence-electron chi connectivity index (χ4n) is 14.4. The minimum absolute atomic E-state index is 0.203. The zero-order valence-electron chi connectivity index (χ0n) is 63.9. The maximum atomic E-state index is 13.5. The van der Waals surface area contributed by atoms with E-state index in [1.165, 1.54) is 238 Å². The van der Waals surface area contributed by atoms with Gasteiger partial charge in [0.15, 0.2) is 12.6 Å². The Balaban J connectivity index is 1.46. The lowest BCUT2D eigenvalue weighted by atomic mass is 9.88. The van der Waals surface area contributed by atoms with E-state index >= 15 is 0 Å². The summed E-state index contributed by atoms with van der Waals surface area (Å²) in [6.07, 6.45) is 36.6. The number of unbranched alkanes of at least 4 members (excludes halogenated alkanes) is 43. The topological polar surface area (TPSA) is 373 Å². The van der Waals surface area contributed by atoms with Crippen LogP contribution in [0.25, 0.3) is 0 Å². The Labute approximate surface area is 619 Å². The van der Waals surface area contributed by atoms with Crippen molar-refractivity contribution >= 4 is 17.8 Å². The number of rotatable bonds is 65. The molecule has 18 atom stereocenters. The summed E-state index contributed by atoms with van der Waals surface area (Å²) >= 11 is 0. The Morgan fingerprint density at radius 1 is 0.505 bits per heavy atom. The van der Waals surface area contributed by atoms with Crippen molar-refractivity contribution < 1.29 is 104 Å². The summed E-state index contributed by atoms with van der Waals surface area (Å²) in [6.45, 7) is 2.18. The lowest BCUT2D eigenvalue weighted by Crippen LogP contribution is -2.70. The van der Waals surface area contributed by atoms with Gasteiger partial charge in [0.2, 0.25) is 11.8 Å². The van der Waals surface area contributed by atoms with E-state index in [4.69, 9.17) is 28.4 Å². The van der Waals surface area contributed by atoms with Crippen LogP contribution in [0.4, 0.5) is 0 Å². The molecule has 0 aliphatic carbocycles. The average molecular weight is 1470 g/mol.